The van der Waals surface area contributed by atoms with E-state index in [4.69, 9.17) is 5.26 Å². The minimum absolute atomic E-state index is 0.226. The third-order valence-electron chi connectivity index (χ3n) is 2.72. The van der Waals surface area contributed by atoms with Crippen LogP contribution < -0.4 is 0 Å². The van der Waals surface area contributed by atoms with Gasteiger partial charge in [0.1, 0.15) is 0 Å². The molecule has 1 aliphatic heterocycles. The smallest absolute Gasteiger partial charge is 0.281 e. The zero-order valence-corrected chi connectivity index (χ0v) is 10.6. The van der Waals surface area contributed by atoms with Crippen LogP contribution in [-0.4, -0.2) is 68.7 Å². The van der Waals surface area contributed by atoms with Gasteiger partial charge in [0.2, 0.25) is 0 Å². The van der Waals surface area contributed by atoms with E-state index in [1.54, 1.807) is 0 Å². The maximum Gasteiger partial charge on any atom is 0.281 e. The Morgan fingerprint density at radius 1 is 1.31 bits per heavy atom. The number of piperazine rings is 1. The number of nitriles is 1. The van der Waals surface area contributed by atoms with Crippen molar-refractivity contribution in [3.05, 3.63) is 0 Å². The third-order valence-corrected chi connectivity index (χ3v) is 4.71. The molecule has 7 heteroatoms. The van der Waals surface area contributed by atoms with Gasteiger partial charge in [0.25, 0.3) is 10.2 Å². The van der Waals surface area contributed by atoms with Crippen LogP contribution >= 0.6 is 0 Å². The van der Waals surface area contributed by atoms with Crippen LogP contribution in [0.4, 0.5) is 0 Å². The van der Waals surface area contributed by atoms with Crippen LogP contribution in [0.5, 0.6) is 0 Å². The molecule has 0 aromatic rings. The van der Waals surface area contributed by atoms with Gasteiger partial charge in [0, 0.05) is 46.2 Å². The van der Waals surface area contributed by atoms with Crippen LogP contribution in [0.2, 0.25) is 0 Å². The molecule has 92 valence electrons. The second-order valence-corrected chi connectivity index (χ2v) is 5.98. The standard InChI is InChI=1S/C9H18N4O2S/c1-11-6-8-13(9-7-11)16(14,15)12(2)5-3-4-10/h3,5-9H2,1-2H3. The van der Waals surface area contributed by atoms with Crippen LogP contribution in [0, 0.1) is 11.3 Å². The number of likely N-dealkylation sites (N-methyl/N-ethyl adjacent to an activating group) is 1. The average Bonchev–Trinajstić information content (AvgIpc) is 2.26. The fraction of sp³-hybridized carbons (Fsp3) is 0.889. The van der Waals surface area contributed by atoms with E-state index in [-0.39, 0.29) is 13.0 Å². The van der Waals surface area contributed by atoms with Gasteiger partial charge < -0.3 is 4.90 Å². The Morgan fingerprint density at radius 3 is 2.38 bits per heavy atom. The van der Waals surface area contributed by atoms with Gasteiger partial charge in [-0.1, -0.05) is 0 Å². The van der Waals surface area contributed by atoms with Crippen molar-refractivity contribution in [3.8, 4) is 6.07 Å². The fourth-order valence-corrected chi connectivity index (χ4v) is 2.88. The lowest BCUT2D eigenvalue weighted by molar-refractivity contribution is 0.214. The predicted molar refractivity (Wildman–Crippen MR) is 60.8 cm³/mol. The summed E-state index contributed by atoms with van der Waals surface area (Å²) in [6.45, 7) is 2.81. The molecule has 6 nitrogen and oxygen atoms in total. The maximum atomic E-state index is 12.0. The van der Waals surface area contributed by atoms with Crippen LogP contribution in [0.25, 0.3) is 0 Å². The number of nitrogens with zero attached hydrogens (tertiary/aromatic N) is 4. The molecule has 0 aliphatic carbocycles. The minimum Gasteiger partial charge on any atom is -0.304 e. The van der Waals surface area contributed by atoms with Gasteiger partial charge in [0.15, 0.2) is 0 Å². The zero-order valence-electron chi connectivity index (χ0n) is 9.76. The fourth-order valence-electron chi connectivity index (χ4n) is 1.54. The summed E-state index contributed by atoms with van der Waals surface area (Å²) in [5, 5.41) is 8.43. The Bertz CT molecular complexity index is 354. The molecule has 16 heavy (non-hydrogen) atoms. The molecule has 0 atom stereocenters. The molecule has 0 bridgehead atoms. The topological polar surface area (TPSA) is 67.7 Å². The van der Waals surface area contributed by atoms with Gasteiger partial charge in [-0.15, -0.1) is 0 Å². The lowest BCUT2D eigenvalue weighted by Gasteiger charge is -2.33. The zero-order chi connectivity index (χ0) is 12.2. The highest BCUT2D eigenvalue weighted by Crippen LogP contribution is 2.10. The first-order valence-corrected chi connectivity index (χ1v) is 6.65. The van der Waals surface area contributed by atoms with Crippen molar-refractivity contribution in [2.24, 2.45) is 0 Å². The molecule has 1 heterocycles. The largest absolute Gasteiger partial charge is 0.304 e. The molecule has 0 radical (unpaired) electrons. The molecular weight excluding hydrogens is 228 g/mol. The second-order valence-electron chi connectivity index (χ2n) is 3.94. The van der Waals surface area contributed by atoms with E-state index in [1.165, 1.54) is 15.7 Å². The Morgan fingerprint density at radius 2 is 1.88 bits per heavy atom. The van der Waals surface area contributed by atoms with E-state index in [0.717, 1.165) is 13.1 Å². The number of hydrogen-bond donors (Lipinski definition) is 0. The van der Waals surface area contributed by atoms with E-state index >= 15 is 0 Å². The Balaban J connectivity index is 2.60. The van der Waals surface area contributed by atoms with Crippen LogP contribution in [0.15, 0.2) is 0 Å². The molecule has 1 aliphatic rings. The molecule has 0 amide bonds. The maximum absolute atomic E-state index is 12.0. The summed E-state index contributed by atoms with van der Waals surface area (Å²) >= 11 is 0. The first-order valence-electron chi connectivity index (χ1n) is 5.25. The van der Waals surface area contributed by atoms with Crippen molar-refractivity contribution in [1.82, 2.24) is 13.5 Å². The van der Waals surface area contributed by atoms with Crippen molar-refractivity contribution in [3.63, 3.8) is 0 Å². The predicted octanol–water partition coefficient (Wildman–Crippen LogP) is -0.676. The Hall–Kier alpha value is -0.680. The first-order chi connectivity index (χ1) is 7.48. The van der Waals surface area contributed by atoms with E-state index < -0.39 is 10.2 Å². The highest BCUT2D eigenvalue weighted by Gasteiger charge is 2.28. The molecule has 1 fully saturated rings. The monoisotopic (exact) mass is 246 g/mol. The van der Waals surface area contributed by atoms with E-state index in [0.29, 0.717) is 13.1 Å². The van der Waals surface area contributed by atoms with Crippen molar-refractivity contribution in [2.75, 3.05) is 46.8 Å². The van der Waals surface area contributed by atoms with Crippen molar-refractivity contribution in [1.29, 1.82) is 5.26 Å². The summed E-state index contributed by atoms with van der Waals surface area (Å²) in [6, 6.07) is 1.95. The summed E-state index contributed by atoms with van der Waals surface area (Å²) in [6.07, 6.45) is 0.226. The van der Waals surface area contributed by atoms with Crippen LogP contribution in [-0.2, 0) is 10.2 Å². The molecule has 1 saturated heterocycles. The van der Waals surface area contributed by atoms with Crippen molar-refractivity contribution < 1.29 is 8.42 Å². The SMILES string of the molecule is CN1CCN(S(=O)(=O)N(C)CCC#N)CC1. The summed E-state index contributed by atoms with van der Waals surface area (Å²) < 4.78 is 26.8. The molecular formula is C9H18N4O2S. The molecule has 0 saturated carbocycles. The lowest BCUT2D eigenvalue weighted by atomic mass is 10.4. The number of hydrogen-bond acceptors (Lipinski definition) is 4. The Kier molecular flexibility index (Phi) is 4.68. The highest BCUT2D eigenvalue weighted by molar-refractivity contribution is 7.86. The van der Waals surface area contributed by atoms with Gasteiger partial charge in [-0.2, -0.15) is 22.3 Å². The van der Waals surface area contributed by atoms with Gasteiger partial charge >= 0.3 is 0 Å². The molecule has 1 rings (SSSR count). The van der Waals surface area contributed by atoms with E-state index in [2.05, 4.69) is 4.90 Å². The van der Waals surface area contributed by atoms with E-state index in [1.807, 2.05) is 13.1 Å². The first kappa shape index (κ1) is 13.4. The molecule has 0 spiro atoms. The second kappa shape index (κ2) is 5.59. The number of rotatable bonds is 4. The highest BCUT2D eigenvalue weighted by atomic mass is 32.2. The molecule has 0 aromatic carbocycles. The van der Waals surface area contributed by atoms with Crippen LogP contribution in [0.1, 0.15) is 6.42 Å². The lowest BCUT2D eigenvalue weighted by Crippen LogP contribution is -2.51. The quantitative estimate of drug-likeness (QED) is 0.659. The van der Waals surface area contributed by atoms with Crippen molar-refractivity contribution in [2.45, 2.75) is 6.42 Å². The molecule has 0 aromatic heterocycles. The van der Waals surface area contributed by atoms with Crippen LogP contribution in [0.3, 0.4) is 0 Å². The van der Waals surface area contributed by atoms with E-state index in [9.17, 15) is 8.42 Å². The van der Waals surface area contributed by atoms with Gasteiger partial charge in [-0.05, 0) is 7.05 Å². The Labute approximate surface area is 97.2 Å². The summed E-state index contributed by atoms with van der Waals surface area (Å²) in [4.78, 5) is 2.10. The summed E-state index contributed by atoms with van der Waals surface area (Å²) in [5.74, 6) is 0. The molecule has 0 unspecified atom stereocenters. The average molecular weight is 246 g/mol. The molecule has 0 N–H and O–H groups in total. The minimum atomic E-state index is -3.37. The van der Waals surface area contributed by atoms with Gasteiger partial charge in [0.05, 0.1) is 6.07 Å². The van der Waals surface area contributed by atoms with Crippen molar-refractivity contribution >= 4 is 10.2 Å². The third kappa shape index (κ3) is 3.15. The van der Waals surface area contributed by atoms with Gasteiger partial charge in [-0.3, -0.25) is 0 Å². The summed E-state index contributed by atoms with van der Waals surface area (Å²) in [7, 11) is 0.126. The summed E-state index contributed by atoms with van der Waals surface area (Å²) in [5.41, 5.74) is 0. The normalized spacial score (nSPS) is 19.9. The van der Waals surface area contributed by atoms with Gasteiger partial charge in [-0.25, -0.2) is 0 Å².